The first kappa shape index (κ1) is 15.2. The average molecular weight is 264 g/mol. The van der Waals surface area contributed by atoms with Crippen LogP contribution in [0.15, 0.2) is 18.2 Å². The first-order chi connectivity index (χ1) is 8.95. The number of likely N-dealkylation sites (N-methyl/N-ethyl adjacent to an activating group) is 1. The summed E-state index contributed by atoms with van der Waals surface area (Å²) >= 11 is 0. The molecule has 0 saturated heterocycles. The van der Waals surface area contributed by atoms with Crippen molar-refractivity contribution >= 4 is 11.9 Å². The molecule has 1 amide bonds. The second kappa shape index (κ2) is 6.89. The Balaban J connectivity index is 2.47. The van der Waals surface area contributed by atoms with E-state index in [0.717, 1.165) is 5.56 Å². The van der Waals surface area contributed by atoms with Crippen molar-refractivity contribution in [1.82, 2.24) is 10.6 Å². The van der Waals surface area contributed by atoms with E-state index in [0.29, 0.717) is 13.0 Å². The fourth-order valence-corrected chi connectivity index (χ4v) is 1.76. The molecule has 0 aliphatic rings. The molecule has 0 fully saturated rings. The van der Waals surface area contributed by atoms with Crippen LogP contribution < -0.4 is 10.6 Å². The van der Waals surface area contributed by atoms with Crippen LogP contribution in [0.5, 0.6) is 0 Å². The molecule has 1 aromatic rings. The van der Waals surface area contributed by atoms with E-state index < -0.39 is 17.9 Å². The summed E-state index contributed by atoms with van der Waals surface area (Å²) in [5, 5.41) is 13.9. The van der Waals surface area contributed by atoms with Crippen LogP contribution in [-0.4, -0.2) is 36.6 Å². The van der Waals surface area contributed by atoms with Gasteiger partial charge >= 0.3 is 5.97 Å². The van der Waals surface area contributed by atoms with Crippen molar-refractivity contribution in [1.29, 1.82) is 0 Å². The Morgan fingerprint density at radius 2 is 1.95 bits per heavy atom. The fraction of sp³-hybridized carbons (Fsp3) is 0.429. The molecule has 0 spiro atoms. The summed E-state index contributed by atoms with van der Waals surface area (Å²) in [5.41, 5.74) is 3.57. The summed E-state index contributed by atoms with van der Waals surface area (Å²) < 4.78 is 0. The minimum atomic E-state index is -1.19. The number of rotatable bonds is 6. The summed E-state index contributed by atoms with van der Waals surface area (Å²) in [7, 11) is 1.45. The Morgan fingerprint density at radius 3 is 2.47 bits per heavy atom. The number of amides is 1. The smallest absolute Gasteiger partial charge is 0.330 e. The third-order valence-electron chi connectivity index (χ3n) is 3.08. The molecule has 0 aliphatic heterocycles. The van der Waals surface area contributed by atoms with Gasteiger partial charge in [-0.05, 0) is 44.0 Å². The van der Waals surface area contributed by atoms with Crippen molar-refractivity contribution in [3.05, 3.63) is 34.9 Å². The highest BCUT2D eigenvalue weighted by Gasteiger charge is 2.23. The molecule has 0 aromatic heterocycles. The highest BCUT2D eigenvalue weighted by atomic mass is 16.4. The highest BCUT2D eigenvalue weighted by molar-refractivity contribution is 6.01. The van der Waals surface area contributed by atoms with Gasteiger partial charge in [0.25, 0.3) is 0 Å². The Morgan fingerprint density at radius 1 is 1.26 bits per heavy atom. The number of carboxylic acid groups (broad SMARTS) is 1. The van der Waals surface area contributed by atoms with Gasteiger partial charge in [0, 0.05) is 6.54 Å². The maximum atomic E-state index is 11.6. The van der Waals surface area contributed by atoms with Crippen molar-refractivity contribution < 1.29 is 14.7 Å². The van der Waals surface area contributed by atoms with Crippen molar-refractivity contribution in [3.63, 3.8) is 0 Å². The van der Waals surface area contributed by atoms with Crippen LogP contribution in [0.4, 0.5) is 0 Å². The number of carbonyl (C=O) groups is 2. The lowest BCUT2D eigenvalue weighted by Gasteiger charge is -2.12. The van der Waals surface area contributed by atoms with Crippen LogP contribution in [0, 0.1) is 13.8 Å². The van der Waals surface area contributed by atoms with Crippen LogP contribution in [0.3, 0.4) is 0 Å². The SMILES string of the molecule is CNC(C(=O)O)C(=O)NCCc1ccc(C)c(C)c1. The molecule has 0 saturated carbocycles. The number of hydrogen-bond acceptors (Lipinski definition) is 3. The van der Waals surface area contributed by atoms with Crippen molar-refractivity contribution in [2.45, 2.75) is 26.3 Å². The van der Waals surface area contributed by atoms with E-state index in [1.807, 2.05) is 26.0 Å². The summed E-state index contributed by atoms with van der Waals surface area (Å²) in [4.78, 5) is 22.3. The lowest BCUT2D eigenvalue weighted by molar-refractivity contribution is -0.143. The Labute approximate surface area is 113 Å². The molecular weight excluding hydrogens is 244 g/mol. The van der Waals surface area contributed by atoms with E-state index in [4.69, 9.17) is 5.11 Å². The van der Waals surface area contributed by atoms with Gasteiger partial charge in [0.1, 0.15) is 0 Å². The van der Waals surface area contributed by atoms with Crippen LogP contribution in [-0.2, 0) is 16.0 Å². The Bertz CT molecular complexity index is 472. The number of nitrogens with one attached hydrogen (secondary N) is 2. The zero-order valence-corrected chi connectivity index (χ0v) is 11.5. The molecule has 1 atom stereocenters. The maximum Gasteiger partial charge on any atom is 0.330 e. The second-order valence-electron chi connectivity index (χ2n) is 4.52. The molecule has 5 heteroatoms. The van der Waals surface area contributed by atoms with Gasteiger partial charge in [-0.1, -0.05) is 18.2 Å². The molecule has 0 radical (unpaired) electrons. The highest BCUT2D eigenvalue weighted by Crippen LogP contribution is 2.09. The molecule has 1 rings (SSSR count). The van der Waals surface area contributed by atoms with Crippen molar-refractivity contribution in [3.8, 4) is 0 Å². The van der Waals surface area contributed by atoms with Gasteiger partial charge < -0.3 is 10.4 Å². The predicted octanol–water partition coefficient (Wildman–Crippen LogP) is 0.635. The fourth-order valence-electron chi connectivity index (χ4n) is 1.76. The minimum Gasteiger partial charge on any atom is -0.480 e. The predicted molar refractivity (Wildman–Crippen MR) is 73.1 cm³/mol. The second-order valence-corrected chi connectivity index (χ2v) is 4.52. The summed E-state index contributed by atoms with van der Waals surface area (Å²) in [6, 6.07) is 4.94. The molecule has 5 nitrogen and oxygen atoms in total. The zero-order chi connectivity index (χ0) is 14.4. The van der Waals surface area contributed by atoms with E-state index in [9.17, 15) is 9.59 Å². The average Bonchev–Trinajstić information content (AvgIpc) is 2.34. The van der Waals surface area contributed by atoms with Crippen LogP contribution in [0.2, 0.25) is 0 Å². The van der Waals surface area contributed by atoms with Crippen LogP contribution >= 0.6 is 0 Å². The van der Waals surface area contributed by atoms with Gasteiger partial charge in [0.15, 0.2) is 6.04 Å². The third-order valence-corrected chi connectivity index (χ3v) is 3.08. The molecule has 3 N–H and O–H groups in total. The summed E-state index contributed by atoms with van der Waals surface area (Å²) in [6.07, 6.45) is 0.683. The van der Waals surface area contributed by atoms with Crippen LogP contribution in [0.25, 0.3) is 0 Å². The number of aryl methyl sites for hydroxylation is 2. The number of aliphatic carboxylic acids is 1. The van der Waals surface area contributed by atoms with Gasteiger partial charge in [-0.15, -0.1) is 0 Å². The topological polar surface area (TPSA) is 78.4 Å². The van der Waals surface area contributed by atoms with E-state index in [1.165, 1.54) is 18.2 Å². The van der Waals surface area contributed by atoms with Gasteiger partial charge in [-0.2, -0.15) is 0 Å². The molecule has 19 heavy (non-hydrogen) atoms. The van der Waals surface area contributed by atoms with E-state index in [2.05, 4.69) is 16.7 Å². The van der Waals surface area contributed by atoms with Gasteiger partial charge in [0.2, 0.25) is 5.91 Å². The lowest BCUT2D eigenvalue weighted by atomic mass is 10.0. The molecular formula is C14H20N2O3. The minimum absolute atomic E-state index is 0.423. The largest absolute Gasteiger partial charge is 0.480 e. The van der Waals surface area contributed by atoms with Gasteiger partial charge in [-0.25, -0.2) is 4.79 Å². The lowest BCUT2D eigenvalue weighted by Crippen LogP contribution is -2.48. The van der Waals surface area contributed by atoms with Crippen molar-refractivity contribution in [2.24, 2.45) is 0 Å². The quantitative estimate of drug-likeness (QED) is 0.659. The third kappa shape index (κ3) is 4.37. The summed E-state index contributed by atoms with van der Waals surface area (Å²) in [6.45, 7) is 4.51. The molecule has 0 aliphatic carbocycles. The van der Waals surface area contributed by atoms with E-state index in [1.54, 1.807) is 0 Å². The van der Waals surface area contributed by atoms with E-state index in [-0.39, 0.29) is 0 Å². The first-order valence-corrected chi connectivity index (χ1v) is 6.19. The number of hydrogen-bond donors (Lipinski definition) is 3. The number of carboxylic acids is 1. The number of carbonyl (C=O) groups excluding carboxylic acids is 1. The van der Waals surface area contributed by atoms with Gasteiger partial charge in [0.05, 0.1) is 0 Å². The molecule has 0 heterocycles. The monoisotopic (exact) mass is 264 g/mol. The summed E-state index contributed by atoms with van der Waals surface area (Å²) in [5.74, 6) is -1.69. The normalized spacial score (nSPS) is 11.9. The van der Waals surface area contributed by atoms with E-state index >= 15 is 0 Å². The van der Waals surface area contributed by atoms with Gasteiger partial charge in [-0.3, -0.25) is 10.1 Å². The van der Waals surface area contributed by atoms with Crippen molar-refractivity contribution in [2.75, 3.05) is 13.6 Å². The molecule has 1 unspecified atom stereocenters. The van der Waals surface area contributed by atoms with Crippen LogP contribution in [0.1, 0.15) is 16.7 Å². The molecule has 104 valence electrons. The maximum absolute atomic E-state index is 11.6. The zero-order valence-electron chi connectivity index (χ0n) is 11.5. The Hall–Kier alpha value is -1.88. The molecule has 0 bridgehead atoms. The standard InChI is InChI=1S/C14H20N2O3/c1-9-4-5-11(8-10(9)2)6-7-16-13(17)12(15-3)14(18)19/h4-5,8,12,15H,6-7H2,1-3H3,(H,16,17)(H,18,19). The first-order valence-electron chi connectivity index (χ1n) is 6.19. The molecule has 1 aromatic carbocycles. The number of benzene rings is 1. The Kier molecular flexibility index (Phi) is 5.51.